The Morgan fingerprint density at radius 1 is 1.42 bits per heavy atom. The molecule has 0 aliphatic heterocycles. The van der Waals surface area contributed by atoms with Crippen LogP contribution in [0, 0.1) is 0 Å². The number of carboxylic acid groups (broad SMARTS) is 1. The van der Waals surface area contributed by atoms with Gasteiger partial charge in [-0.15, -0.1) is 0 Å². The zero-order valence-corrected chi connectivity index (χ0v) is 11.9. The summed E-state index contributed by atoms with van der Waals surface area (Å²) < 4.78 is 26.3. The monoisotopic (exact) mass is 307 g/mol. The quantitative estimate of drug-likeness (QED) is 0.755. The molecule has 1 aromatic rings. The van der Waals surface area contributed by atoms with Crippen molar-refractivity contribution in [2.45, 2.75) is 24.3 Å². The lowest BCUT2D eigenvalue weighted by Gasteiger charge is -2.23. The van der Waals surface area contributed by atoms with Crippen LogP contribution in [0.5, 0.6) is 0 Å². The van der Waals surface area contributed by atoms with Gasteiger partial charge in [0.2, 0.25) is 10.0 Å². The molecule has 0 saturated heterocycles. The summed E-state index contributed by atoms with van der Waals surface area (Å²) in [6, 6.07) is 3.37. The van der Waals surface area contributed by atoms with Gasteiger partial charge in [0.15, 0.2) is 0 Å². The molecule has 0 saturated carbocycles. The van der Waals surface area contributed by atoms with E-state index in [1.165, 1.54) is 26.0 Å². The van der Waals surface area contributed by atoms with Crippen LogP contribution in [0.1, 0.15) is 24.2 Å². The zero-order valence-electron chi connectivity index (χ0n) is 10.3. The predicted molar refractivity (Wildman–Crippen MR) is 69.9 cm³/mol. The summed E-state index contributed by atoms with van der Waals surface area (Å²) in [5, 5.41) is 17.9. The van der Waals surface area contributed by atoms with Gasteiger partial charge >= 0.3 is 5.97 Å². The second-order valence-electron chi connectivity index (χ2n) is 4.59. The van der Waals surface area contributed by atoms with Gasteiger partial charge in [0.1, 0.15) is 0 Å². The average Bonchev–Trinajstić information content (AvgIpc) is 2.27. The first kappa shape index (κ1) is 15.9. The number of aromatic carboxylic acids is 1. The fraction of sp³-hybridized carbons (Fsp3) is 0.364. The molecule has 0 amide bonds. The van der Waals surface area contributed by atoms with Gasteiger partial charge in [0, 0.05) is 0 Å². The van der Waals surface area contributed by atoms with Crippen LogP contribution in [-0.4, -0.2) is 36.7 Å². The van der Waals surface area contributed by atoms with Crippen molar-refractivity contribution in [3.8, 4) is 0 Å². The highest BCUT2D eigenvalue weighted by Crippen LogP contribution is 2.21. The van der Waals surface area contributed by atoms with Crippen molar-refractivity contribution in [1.82, 2.24) is 4.72 Å². The van der Waals surface area contributed by atoms with Crippen LogP contribution in [-0.2, 0) is 10.0 Å². The number of hydrogen-bond acceptors (Lipinski definition) is 4. The molecule has 6 nitrogen and oxygen atoms in total. The highest BCUT2D eigenvalue weighted by Gasteiger charge is 2.26. The number of aliphatic hydroxyl groups is 1. The van der Waals surface area contributed by atoms with E-state index in [1.807, 2.05) is 0 Å². The molecule has 0 spiro atoms. The molecular formula is C11H14ClNO5S. The molecule has 0 aliphatic rings. The van der Waals surface area contributed by atoms with Crippen LogP contribution < -0.4 is 4.72 Å². The van der Waals surface area contributed by atoms with E-state index in [1.54, 1.807) is 0 Å². The highest BCUT2D eigenvalue weighted by atomic mass is 35.5. The lowest BCUT2D eigenvalue weighted by Crippen LogP contribution is -2.46. The topological polar surface area (TPSA) is 104 Å². The number of carbonyl (C=O) groups is 1. The Bertz CT molecular complexity index is 597. The number of carboxylic acids is 1. The van der Waals surface area contributed by atoms with E-state index < -0.39 is 28.1 Å². The Morgan fingerprint density at radius 2 is 2.00 bits per heavy atom. The van der Waals surface area contributed by atoms with Gasteiger partial charge in [-0.1, -0.05) is 11.6 Å². The van der Waals surface area contributed by atoms with Gasteiger partial charge in [-0.05, 0) is 32.0 Å². The van der Waals surface area contributed by atoms with E-state index >= 15 is 0 Å². The fourth-order valence-corrected chi connectivity index (χ4v) is 2.92. The molecule has 0 heterocycles. The smallest absolute Gasteiger partial charge is 0.337 e. The Morgan fingerprint density at radius 3 is 2.47 bits per heavy atom. The summed E-state index contributed by atoms with van der Waals surface area (Å²) in [7, 11) is -3.93. The molecule has 0 bridgehead atoms. The fourth-order valence-electron chi connectivity index (χ4n) is 1.29. The number of benzene rings is 1. The first-order valence-corrected chi connectivity index (χ1v) is 7.13. The van der Waals surface area contributed by atoms with Gasteiger partial charge in [0.05, 0.1) is 27.6 Å². The first-order valence-electron chi connectivity index (χ1n) is 5.27. The van der Waals surface area contributed by atoms with Gasteiger partial charge in [-0.3, -0.25) is 0 Å². The summed E-state index contributed by atoms with van der Waals surface area (Å²) >= 11 is 5.67. The minimum absolute atomic E-state index is 0.0483. The minimum Gasteiger partial charge on any atom is -0.478 e. The van der Waals surface area contributed by atoms with E-state index in [4.69, 9.17) is 21.8 Å². The van der Waals surface area contributed by atoms with Gasteiger partial charge in [-0.25, -0.2) is 17.9 Å². The molecule has 106 valence electrons. The Labute approximate surface area is 116 Å². The molecule has 0 aromatic heterocycles. The van der Waals surface area contributed by atoms with E-state index in [0.717, 1.165) is 6.07 Å². The normalized spacial score (nSPS) is 12.4. The molecule has 1 aromatic carbocycles. The average molecular weight is 308 g/mol. The summed E-state index contributed by atoms with van der Waals surface area (Å²) in [4.78, 5) is 10.7. The van der Waals surface area contributed by atoms with E-state index in [2.05, 4.69) is 4.72 Å². The highest BCUT2D eigenvalue weighted by molar-refractivity contribution is 7.89. The number of sulfonamides is 1. The Balaban J connectivity index is 3.23. The molecule has 8 heteroatoms. The van der Waals surface area contributed by atoms with Crippen molar-refractivity contribution in [3.63, 3.8) is 0 Å². The van der Waals surface area contributed by atoms with Crippen LogP contribution in [0.25, 0.3) is 0 Å². The van der Waals surface area contributed by atoms with Crippen molar-refractivity contribution in [1.29, 1.82) is 0 Å². The lowest BCUT2D eigenvalue weighted by atomic mass is 10.1. The maximum absolute atomic E-state index is 12.0. The molecule has 0 aliphatic carbocycles. The third kappa shape index (κ3) is 3.90. The zero-order chi connectivity index (χ0) is 14.8. The third-order valence-corrected chi connectivity index (χ3v) is 4.31. The van der Waals surface area contributed by atoms with Crippen molar-refractivity contribution in [3.05, 3.63) is 28.8 Å². The number of halogens is 1. The molecule has 0 fully saturated rings. The minimum atomic E-state index is -3.93. The van der Waals surface area contributed by atoms with Gasteiger partial charge in [0.25, 0.3) is 0 Å². The number of nitrogens with one attached hydrogen (secondary N) is 1. The molecule has 0 atom stereocenters. The summed E-state index contributed by atoms with van der Waals surface area (Å²) in [6.45, 7) is 2.60. The molecular weight excluding hydrogens is 294 g/mol. The van der Waals surface area contributed by atoms with Crippen LogP contribution in [0.2, 0.25) is 5.02 Å². The molecule has 19 heavy (non-hydrogen) atoms. The predicted octanol–water partition coefficient (Wildman–Crippen LogP) is 1.09. The van der Waals surface area contributed by atoms with Crippen LogP contribution in [0.15, 0.2) is 23.1 Å². The third-order valence-electron chi connectivity index (χ3n) is 2.28. The summed E-state index contributed by atoms with van der Waals surface area (Å²) in [6.07, 6.45) is 0. The van der Waals surface area contributed by atoms with Gasteiger partial charge in [-0.2, -0.15) is 0 Å². The second kappa shape index (κ2) is 5.46. The second-order valence-corrected chi connectivity index (χ2v) is 6.68. The molecule has 0 unspecified atom stereocenters. The maximum atomic E-state index is 12.0. The maximum Gasteiger partial charge on any atom is 0.337 e. The van der Waals surface area contributed by atoms with Crippen LogP contribution in [0.4, 0.5) is 0 Å². The first-order chi connectivity index (χ1) is 8.59. The van der Waals surface area contributed by atoms with E-state index in [-0.39, 0.29) is 15.5 Å². The Hall–Kier alpha value is -1.15. The summed E-state index contributed by atoms with van der Waals surface area (Å²) in [5.41, 5.74) is -1.35. The SMILES string of the molecule is CC(C)(CO)NS(=O)(=O)c1ccc(Cl)c(C(=O)O)c1. The van der Waals surface area contributed by atoms with Crippen LogP contribution >= 0.6 is 11.6 Å². The van der Waals surface area contributed by atoms with Crippen LogP contribution in [0.3, 0.4) is 0 Å². The standard InChI is InChI=1S/C11H14ClNO5S/c1-11(2,6-14)13-19(17,18)7-3-4-9(12)8(5-7)10(15)16/h3-5,13-14H,6H2,1-2H3,(H,15,16). The van der Waals surface area contributed by atoms with Gasteiger partial charge < -0.3 is 10.2 Å². The largest absolute Gasteiger partial charge is 0.478 e. The Kier molecular flexibility index (Phi) is 4.57. The van der Waals surface area contributed by atoms with Crippen molar-refractivity contribution in [2.75, 3.05) is 6.61 Å². The van der Waals surface area contributed by atoms with E-state index in [0.29, 0.717) is 0 Å². The molecule has 1 rings (SSSR count). The molecule has 0 radical (unpaired) electrons. The van der Waals surface area contributed by atoms with E-state index in [9.17, 15) is 13.2 Å². The van der Waals surface area contributed by atoms with Crippen molar-refractivity contribution in [2.24, 2.45) is 0 Å². The number of aliphatic hydroxyl groups excluding tert-OH is 1. The lowest BCUT2D eigenvalue weighted by molar-refractivity contribution is 0.0697. The number of rotatable bonds is 5. The molecule has 3 N–H and O–H groups in total. The van der Waals surface area contributed by atoms with Crippen molar-refractivity contribution < 1.29 is 23.4 Å². The summed E-state index contributed by atoms with van der Waals surface area (Å²) in [5.74, 6) is -1.32. The number of hydrogen-bond donors (Lipinski definition) is 3. The van der Waals surface area contributed by atoms with Crippen molar-refractivity contribution >= 4 is 27.6 Å².